The summed E-state index contributed by atoms with van der Waals surface area (Å²) in [4.78, 5) is 24.0. The van der Waals surface area contributed by atoms with E-state index in [0.717, 1.165) is 12.0 Å². The van der Waals surface area contributed by atoms with Gasteiger partial charge in [-0.05, 0) is 31.0 Å². The number of rotatable bonds is 7. The summed E-state index contributed by atoms with van der Waals surface area (Å²) in [6, 6.07) is 7.29. The van der Waals surface area contributed by atoms with Crippen LogP contribution in [-0.4, -0.2) is 31.6 Å². The Hall–Kier alpha value is -2.04. The molecule has 0 spiro atoms. The highest BCUT2D eigenvalue weighted by molar-refractivity contribution is 5.88. The molecule has 1 N–H and O–H groups in total. The second-order valence-corrected chi connectivity index (χ2v) is 5.15. The van der Waals surface area contributed by atoms with Crippen LogP contribution >= 0.6 is 0 Å². The Kier molecular flexibility index (Phi) is 6.21. The maximum atomic E-state index is 12.2. The number of benzene rings is 1. The summed E-state index contributed by atoms with van der Waals surface area (Å²) in [6.45, 7) is 3.64. The zero-order valence-electron chi connectivity index (χ0n) is 13.1. The maximum absolute atomic E-state index is 12.2. The highest BCUT2D eigenvalue weighted by Crippen LogP contribution is 2.16. The lowest BCUT2D eigenvalue weighted by molar-refractivity contribution is -0.150. The number of hydrogen-bond donors (Lipinski definition) is 1. The number of hydrogen-bond acceptors (Lipinski definition) is 4. The van der Waals surface area contributed by atoms with Gasteiger partial charge in [-0.2, -0.15) is 0 Å². The molecule has 1 rings (SSSR count). The van der Waals surface area contributed by atoms with E-state index >= 15 is 0 Å². The molecule has 5 nitrogen and oxygen atoms in total. The fraction of sp³-hybridized carbons (Fsp3) is 0.500. The van der Waals surface area contributed by atoms with Crippen LogP contribution in [-0.2, 0) is 20.7 Å². The Morgan fingerprint density at radius 3 is 2.57 bits per heavy atom. The van der Waals surface area contributed by atoms with Crippen LogP contribution in [0.15, 0.2) is 24.3 Å². The van der Waals surface area contributed by atoms with Gasteiger partial charge in [0.25, 0.3) is 0 Å². The highest BCUT2D eigenvalue weighted by Gasteiger charge is 2.34. The molecule has 1 unspecified atom stereocenters. The van der Waals surface area contributed by atoms with Crippen molar-refractivity contribution in [1.82, 2.24) is 5.32 Å². The largest absolute Gasteiger partial charge is 0.497 e. The lowest BCUT2D eigenvalue weighted by atomic mass is 9.95. The van der Waals surface area contributed by atoms with Crippen LogP contribution in [0.1, 0.15) is 32.3 Å². The fourth-order valence-corrected chi connectivity index (χ4v) is 2.26. The summed E-state index contributed by atoms with van der Waals surface area (Å²) in [7, 11) is 2.90. The van der Waals surface area contributed by atoms with Gasteiger partial charge in [0.05, 0.1) is 20.6 Å². The van der Waals surface area contributed by atoms with Crippen LogP contribution in [0, 0.1) is 0 Å². The van der Waals surface area contributed by atoms with Crippen LogP contribution < -0.4 is 10.1 Å². The van der Waals surface area contributed by atoms with Gasteiger partial charge in [-0.15, -0.1) is 0 Å². The van der Waals surface area contributed by atoms with Crippen molar-refractivity contribution < 1.29 is 19.1 Å². The third-order valence-corrected chi connectivity index (χ3v) is 3.30. The van der Waals surface area contributed by atoms with Gasteiger partial charge in [0.15, 0.2) is 0 Å². The lowest BCUT2D eigenvalue weighted by Gasteiger charge is -2.27. The van der Waals surface area contributed by atoms with Crippen molar-refractivity contribution in [3.63, 3.8) is 0 Å². The minimum atomic E-state index is -0.987. The van der Waals surface area contributed by atoms with E-state index < -0.39 is 11.5 Å². The molecule has 5 heteroatoms. The first-order valence-corrected chi connectivity index (χ1v) is 6.97. The van der Waals surface area contributed by atoms with Crippen LogP contribution in [0.5, 0.6) is 5.75 Å². The minimum Gasteiger partial charge on any atom is -0.497 e. The van der Waals surface area contributed by atoms with Gasteiger partial charge < -0.3 is 14.8 Å². The molecule has 116 valence electrons. The predicted molar refractivity (Wildman–Crippen MR) is 80.2 cm³/mol. The SMILES string of the molecule is CCCC(C)(NC(=O)Cc1cccc(OC)c1)C(=O)OC. The normalized spacial score (nSPS) is 13.1. The molecule has 0 fully saturated rings. The first kappa shape index (κ1) is 17.0. The second-order valence-electron chi connectivity index (χ2n) is 5.15. The molecular formula is C16H23NO4. The van der Waals surface area contributed by atoms with Crippen molar-refractivity contribution in [2.45, 2.75) is 38.6 Å². The van der Waals surface area contributed by atoms with Crippen molar-refractivity contribution in [3.05, 3.63) is 29.8 Å². The smallest absolute Gasteiger partial charge is 0.331 e. The van der Waals surface area contributed by atoms with Gasteiger partial charge in [0, 0.05) is 0 Å². The van der Waals surface area contributed by atoms with Gasteiger partial charge in [0.2, 0.25) is 5.91 Å². The van der Waals surface area contributed by atoms with Gasteiger partial charge in [-0.1, -0.05) is 25.5 Å². The van der Waals surface area contributed by atoms with E-state index in [4.69, 9.17) is 9.47 Å². The highest BCUT2D eigenvalue weighted by atomic mass is 16.5. The Bertz CT molecular complexity index is 501. The van der Waals surface area contributed by atoms with Crippen molar-refractivity contribution in [1.29, 1.82) is 0 Å². The van der Waals surface area contributed by atoms with Crippen molar-refractivity contribution in [2.75, 3.05) is 14.2 Å². The molecule has 0 aliphatic heterocycles. The summed E-state index contributed by atoms with van der Waals surface area (Å²) >= 11 is 0. The fourth-order valence-electron chi connectivity index (χ4n) is 2.26. The molecule has 1 aromatic carbocycles. The molecule has 0 bridgehead atoms. The van der Waals surface area contributed by atoms with E-state index in [-0.39, 0.29) is 12.3 Å². The topological polar surface area (TPSA) is 64.6 Å². The average Bonchev–Trinajstić information content (AvgIpc) is 2.46. The third kappa shape index (κ3) is 4.77. The van der Waals surface area contributed by atoms with E-state index in [0.29, 0.717) is 12.2 Å². The van der Waals surface area contributed by atoms with Gasteiger partial charge in [-0.25, -0.2) is 4.79 Å². The number of carbonyl (C=O) groups excluding carboxylic acids is 2. The standard InChI is InChI=1S/C16H23NO4/c1-5-9-16(2,15(19)21-4)17-14(18)11-12-7-6-8-13(10-12)20-3/h6-8,10H,5,9,11H2,1-4H3,(H,17,18). The monoisotopic (exact) mass is 293 g/mol. The summed E-state index contributed by atoms with van der Waals surface area (Å²) in [5.41, 5.74) is -0.157. The molecular weight excluding hydrogens is 270 g/mol. The average molecular weight is 293 g/mol. The van der Waals surface area contributed by atoms with E-state index in [1.54, 1.807) is 20.1 Å². The zero-order chi connectivity index (χ0) is 15.9. The summed E-state index contributed by atoms with van der Waals surface area (Å²) < 4.78 is 9.91. The molecule has 0 saturated heterocycles. The molecule has 0 aromatic heterocycles. The van der Waals surface area contributed by atoms with E-state index in [1.165, 1.54) is 7.11 Å². The molecule has 0 aliphatic carbocycles. The van der Waals surface area contributed by atoms with E-state index in [9.17, 15) is 9.59 Å². The molecule has 21 heavy (non-hydrogen) atoms. The molecule has 0 aliphatic rings. The van der Waals surface area contributed by atoms with Crippen LogP contribution in [0.3, 0.4) is 0 Å². The summed E-state index contributed by atoms with van der Waals surface area (Å²) in [5.74, 6) is 0.0533. The molecule has 0 radical (unpaired) electrons. The number of amides is 1. The first-order valence-electron chi connectivity index (χ1n) is 6.97. The van der Waals surface area contributed by atoms with Gasteiger partial charge in [-0.3, -0.25) is 4.79 Å². The number of ether oxygens (including phenoxy) is 2. The predicted octanol–water partition coefficient (Wildman–Crippen LogP) is 2.09. The molecule has 1 atom stereocenters. The van der Waals surface area contributed by atoms with Crippen molar-refractivity contribution >= 4 is 11.9 Å². The van der Waals surface area contributed by atoms with Crippen LogP contribution in [0.2, 0.25) is 0 Å². The van der Waals surface area contributed by atoms with E-state index in [2.05, 4.69) is 5.32 Å². The number of nitrogens with one attached hydrogen (secondary N) is 1. The molecule has 1 amide bonds. The summed E-state index contributed by atoms with van der Waals surface area (Å²) in [5, 5.41) is 2.78. The number of carbonyl (C=O) groups is 2. The van der Waals surface area contributed by atoms with E-state index in [1.807, 2.05) is 25.1 Å². The van der Waals surface area contributed by atoms with Gasteiger partial charge >= 0.3 is 5.97 Å². The first-order chi connectivity index (χ1) is 9.95. The maximum Gasteiger partial charge on any atom is 0.331 e. The Balaban J connectivity index is 2.76. The Labute approximate surface area is 125 Å². The third-order valence-electron chi connectivity index (χ3n) is 3.30. The van der Waals surface area contributed by atoms with Crippen molar-refractivity contribution in [3.8, 4) is 5.75 Å². The number of esters is 1. The minimum absolute atomic E-state index is 0.188. The summed E-state index contributed by atoms with van der Waals surface area (Å²) in [6.07, 6.45) is 1.49. The lowest BCUT2D eigenvalue weighted by Crippen LogP contribution is -2.53. The van der Waals surface area contributed by atoms with Crippen molar-refractivity contribution in [2.24, 2.45) is 0 Å². The molecule has 0 saturated carbocycles. The Morgan fingerprint density at radius 2 is 2.00 bits per heavy atom. The zero-order valence-corrected chi connectivity index (χ0v) is 13.1. The Morgan fingerprint density at radius 1 is 1.29 bits per heavy atom. The molecule has 0 heterocycles. The van der Waals surface area contributed by atoms with Crippen LogP contribution in [0.4, 0.5) is 0 Å². The van der Waals surface area contributed by atoms with Crippen LogP contribution in [0.25, 0.3) is 0 Å². The van der Waals surface area contributed by atoms with Gasteiger partial charge in [0.1, 0.15) is 11.3 Å². The molecule has 1 aromatic rings. The quantitative estimate of drug-likeness (QED) is 0.782. The number of methoxy groups -OCH3 is 2. The second kappa shape index (κ2) is 7.67.